The molecule has 0 spiro atoms. The van der Waals surface area contributed by atoms with Crippen LogP contribution in [0.25, 0.3) is 0 Å². The van der Waals surface area contributed by atoms with Crippen LogP contribution in [-0.2, 0) is 0 Å². The molecule has 0 aliphatic carbocycles. The van der Waals surface area contributed by atoms with Crippen molar-refractivity contribution in [2.45, 2.75) is 13.0 Å². The van der Waals surface area contributed by atoms with Gasteiger partial charge in [0.25, 0.3) is 0 Å². The molecule has 2 aromatic heterocycles. The lowest BCUT2D eigenvalue weighted by atomic mass is 10.2. The molecule has 0 saturated carbocycles. The van der Waals surface area contributed by atoms with Crippen LogP contribution < -0.4 is 15.5 Å². The van der Waals surface area contributed by atoms with E-state index in [1.165, 1.54) is 12.4 Å². The Labute approximate surface area is 121 Å². The molecular weight excluding hydrogens is 273 g/mol. The monoisotopic (exact) mass is 289 g/mol. The largest absolute Gasteiger partial charge is 0.382 e. The number of aromatic nitrogens is 4. The minimum Gasteiger partial charge on any atom is -0.382 e. The van der Waals surface area contributed by atoms with Gasteiger partial charge in [-0.2, -0.15) is 0 Å². The highest BCUT2D eigenvalue weighted by molar-refractivity contribution is 5.44. The standard InChI is InChI=1S/C13H16FN7/c1-9-8-20(13-18-4-10(14)5-19-13)2-3-21(9)12-7-16-11(15)6-17-12/h4-7,9H,2-3,8H2,1H3,(H2,15,16)/t9-/m0/s1. The first-order chi connectivity index (χ1) is 10.1. The normalized spacial score (nSPS) is 18.9. The number of halogens is 1. The van der Waals surface area contributed by atoms with Crippen LogP contribution in [0.3, 0.4) is 0 Å². The van der Waals surface area contributed by atoms with Crippen LogP contribution >= 0.6 is 0 Å². The van der Waals surface area contributed by atoms with Crippen molar-refractivity contribution in [3.05, 3.63) is 30.6 Å². The van der Waals surface area contributed by atoms with Gasteiger partial charge in [-0.3, -0.25) is 0 Å². The first-order valence-corrected chi connectivity index (χ1v) is 6.70. The van der Waals surface area contributed by atoms with Crippen molar-refractivity contribution in [3.8, 4) is 0 Å². The average Bonchev–Trinajstić information content (AvgIpc) is 2.49. The van der Waals surface area contributed by atoms with E-state index in [1.807, 2.05) is 4.90 Å². The molecule has 7 nitrogen and oxygen atoms in total. The molecule has 21 heavy (non-hydrogen) atoms. The minimum atomic E-state index is -0.428. The van der Waals surface area contributed by atoms with Crippen LogP contribution in [0.4, 0.5) is 22.0 Å². The number of nitrogen functional groups attached to an aromatic ring is 1. The Morgan fingerprint density at radius 1 is 1.10 bits per heavy atom. The molecule has 1 aliphatic heterocycles. The molecule has 3 rings (SSSR count). The molecule has 2 N–H and O–H groups in total. The zero-order chi connectivity index (χ0) is 14.8. The molecule has 0 amide bonds. The number of nitrogens with zero attached hydrogens (tertiary/aromatic N) is 6. The van der Waals surface area contributed by atoms with Gasteiger partial charge in [0.1, 0.15) is 11.6 Å². The Bertz CT molecular complexity index is 601. The molecule has 110 valence electrons. The third-order valence-electron chi connectivity index (χ3n) is 3.47. The SMILES string of the molecule is C[C@H]1CN(c2ncc(F)cn2)CCN1c1cnc(N)cn1. The lowest BCUT2D eigenvalue weighted by molar-refractivity contribution is 0.535. The number of nitrogens with two attached hydrogens (primary N) is 1. The third kappa shape index (κ3) is 2.83. The minimum absolute atomic E-state index is 0.213. The predicted molar refractivity (Wildman–Crippen MR) is 77.5 cm³/mol. The Balaban J connectivity index is 1.72. The molecule has 1 saturated heterocycles. The molecule has 0 aromatic carbocycles. The lowest BCUT2D eigenvalue weighted by Crippen LogP contribution is -2.53. The number of hydrogen-bond donors (Lipinski definition) is 1. The lowest BCUT2D eigenvalue weighted by Gasteiger charge is -2.40. The van der Waals surface area contributed by atoms with Crippen molar-refractivity contribution < 1.29 is 4.39 Å². The number of piperazine rings is 1. The fraction of sp³-hybridized carbons (Fsp3) is 0.385. The van der Waals surface area contributed by atoms with Crippen molar-refractivity contribution in [1.29, 1.82) is 0 Å². The van der Waals surface area contributed by atoms with E-state index >= 15 is 0 Å². The highest BCUT2D eigenvalue weighted by atomic mass is 19.1. The summed E-state index contributed by atoms with van der Waals surface area (Å²) in [6.45, 7) is 4.33. The van der Waals surface area contributed by atoms with E-state index < -0.39 is 5.82 Å². The van der Waals surface area contributed by atoms with Crippen molar-refractivity contribution in [3.63, 3.8) is 0 Å². The van der Waals surface area contributed by atoms with Gasteiger partial charge in [-0.25, -0.2) is 24.3 Å². The van der Waals surface area contributed by atoms with E-state index in [0.717, 1.165) is 25.5 Å². The molecule has 2 aromatic rings. The highest BCUT2D eigenvalue weighted by Crippen LogP contribution is 2.20. The van der Waals surface area contributed by atoms with E-state index in [2.05, 4.69) is 31.8 Å². The Morgan fingerprint density at radius 3 is 2.48 bits per heavy atom. The molecule has 1 atom stereocenters. The summed E-state index contributed by atoms with van der Waals surface area (Å²) in [6, 6.07) is 0.213. The Hall–Kier alpha value is -2.51. The smallest absolute Gasteiger partial charge is 0.225 e. The van der Waals surface area contributed by atoms with Gasteiger partial charge in [0.05, 0.1) is 24.8 Å². The van der Waals surface area contributed by atoms with Crippen LogP contribution in [-0.4, -0.2) is 45.6 Å². The number of hydrogen-bond acceptors (Lipinski definition) is 7. The molecule has 0 unspecified atom stereocenters. The summed E-state index contributed by atoms with van der Waals surface area (Å²) in [6.07, 6.45) is 5.60. The summed E-state index contributed by atoms with van der Waals surface area (Å²) in [5, 5.41) is 0. The van der Waals surface area contributed by atoms with Gasteiger partial charge >= 0.3 is 0 Å². The predicted octanol–water partition coefficient (Wildman–Crippen LogP) is 0.703. The zero-order valence-electron chi connectivity index (χ0n) is 11.6. The van der Waals surface area contributed by atoms with Crippen molar-refractivity contribution in [1.82, 2.24) is 19.9 Å². The summed E-state index contributed by atoms with van der Waals surface area (Å²) in [7, 11) is 0. The molecule has 0 bridgehead atoms. The summed E-state index contributed by atoms with van der Waals surface area (Å²) < 4.78 is 12.9. The maximum Gasteiger partial charge on any atom is 0.225 e. The topological polar surface area (TPSA) is 84.1 Å². The van der Waals surface area contributed by atoms with Gasteiger partial charge in [0.15, 0.2) is 5.82 Å². The van der Waals surface area contributed by atoms with E-state index in [-0.39, 0.29) is 6.04 Å². The second-order valence-corrected chi connectivity index (χ2v) is 4.99. The second-order valence-electron chi connectivity index (χ2n) is 4.99. The van der Waals surface area contributed by atoms with Crippen molar-refractivity contribution in [2.24, 2.45) is 0 Å². The second kappa shape index (κ2) is 5.47. The fourth-order valence-electron chi connectivity index (χ4n) is 2.43. The summed E-state index contributed by atoms with van der Waals surface area (Å²) in [5.41, 5.74) is 5.55. The van der Waals surface area contributed by atoms with Gasteiger partial charge in [-0.05, 0) is 6.92 Å². The van der Waals surface area contributed by atoms with Crippen LogP contribution in [0.15, 0.2) is 24.8 Å². The van der Waals surface area contributed by atoms with Gasteiger partial charge < -0.3 is 15.5 Å². The molecule has 1 fully saturated rings. The third-order valence-corrected chi connectivity index (χ3v) is 3.47. The maximum absolute atomic E-state index is 12.9. The molecular formula is C13H16FN7. The van der Waals surface area contributed by atoms with E-state index in [1.54, 1.807) is 12.4 Å². The van der Waals surface area contributed by atoms with E-state index in [4.69, 9.17) is 5.73 Å². The highest BCUT2D eigenvalue weighted by Gasteiger charge is 2.26. The van der Waals surface area contributed by atoms with E-state index in [0.29, 0.717) is 11.8 Å². The zero-order valence-corrected chi connectivity index (χ0v) is 11.6. The quantitative estimate of drug-likeness (QED) is 0.871. The Morgan fingerprint density at radius 2 is 1.86 bits per heavy atom. The van der Waals surface area contributed by atoms with Crippen molar-refractivity contribution in [2.75, 3.05) is 35.2 Å². The van der Waals surface area contributed by atoms with Gasteiger partial charge in [-0.1, -0.05) is 0 Å². The average molecular weight is 289 g/mol. The summed E-state index contributed by atoms with van der Waals surface area (Å²) >= 11 is 0. The first-order valence-electron chi connectivity index (χ1n) is 6.70. The van der Waals surface area contributed by atoms with Gasteiger partial charge in [-0.15, -0.1) is 0 Å². The van der Waals surface area contributed by atoms with Crippen molar-refractivity contribution >= 4 is 17.6 Å². The van der Waals surface area contributed by atoms with Gasteiger partial charge in [0.2, 0.25) is 5.95 Å². The number of anilines is 3. The van der Waals surface area contributed by atoms with Gasteiger partial charge in [0, 0.05) is 25.7 Å². The number of rotatable bonds is 2. The maximum atomic E-state index is 12.9. The van der Waals surface area contributed by atoms with Crippen LogP contribution in [0.1, 0.15) is 6.92 Å². The summed E-state index contributed by atoms with van der Waals surface area (Å²) in [4.78, 5) is 20.6. The molecule has 0 radical (unpaired) electrons. The fourth-order valence-corrected chi connectivity index (χ4v) is 2.43. The molecule has 8 heteroatoms. The molecule has 3 heterocycles. The van der Waals surface area contributed by atoms with Crippen LogP contribution in [0, 0.1) is 5.82 Å². The molecule has 1 aliphatic rings. The first kappa shape index (κ1) is 13.5. The van der Waals surface area contributed by atoms with Crippen LogP contribution in [0.2, 0.25) is 0 Å². The Kier molecular flexibility index (Phi) is 3.51. The van der Waals surface area contributed by atoms with E-state index in [9.17, 15) is 4.39 Å². The van der Waals surface area contributed by atoms with Crippen LogP contribution in [0.5, 0.6) is 0 Å². The summed E-state index contributed by atoms with van der Waals surface area (Å²) in [5.74, 6) is 1.33.